The molecular formula is C25H33NO3. The van der Waals surface area contributed by atoms with E-state index in [9.17, 15) is 4.79 Å². The number of benzene rings is 2. The number of carbonyl (C=O) groups is 1. The maximum absolute atomic E-state index is 12.8. The average molecular weight is 396 g/mol. The van der Waals surface area contributed by atoms with Crippen LogP contribution in [0.25, 0.3) is 0 Å². The van der Waals surface area contributed by atoms with E-state index >= 15 is 0 Å². The van der Waals surface area contributed by atoms with Crippen molar-refractivity contribution >= 4 is 5.91 Å². The topological polar surface area (TPSA) is 47.6 Å². The summed E-state index contributed by atoms with van der Waals surface area (Å²) in [7, 11) is 0. The second kappa shape index (κ2) is 8.48. The molecule has 0 aliphatic carbocycles. The van der Waals surface area contributed by atoms with Crippen molar-refractivity contribution in [2.45, 2.75) is 70.9 Å². The van der Waals surface area contributed by atoms with E-state index in [1.807, 2.05) is 42.5 Å². The molecule has 1 N–H and O–H groups in total. The first kappa shape index (κ1) is 21.2. The Morgan fingerprint density at radius 3 is 2.45 bits per heavy atom. The maximum atomic E-state index is 12.8. The van der Waals surface area contributed by atoms with Gasteiger partial charge in [0.15, 0.2) is 6.61 Å². The molecule has 0 fully saturated rings. The summed E-state index contributed by atoms with van der Waals surface area (Å²) in [6.07, 6.45) is 2.57. The summed E-state index contributed by atoms with van der Waals surface area (Å²) in [6.45, 7) is 10.7. The highest BCUT2D eigenvalue weighted by Gasteiger charge is 2.38. The largest absolute Gasteiger partial charge is 0.487 e. The molecule has 0 saturated carbocycles. The van der Waals surface area contributed by atoms with Crippen LogP contribution in [0.1, 0.15) is 71.0 Å². The van der Waals surface area contributed by atoms with Crippen LogP contribution in [0, 0.1) is 0 Å². The molecule has 0 aromatic heterocycles. The highest BCUT2D eigenvalue weighted by atomic mass is 16.5. The van der Waals surface area contributed by atoms with Crippen LogP contribution in [0.15, 0.2) is 48.5 Å². The van der Waals surface area contributed by atoms with E-state index in [-0.39, 0.29) is 29.6 Å². The van der Waals surface area contributed by atoms with Crippen molar-refractivity contribution in [3.63, 3.8) is 0 Å². The van der Waals surface area contributed by atoms with Crippen LogP contribution in [0.4, 0.5) is 0 Å². The summed E-state index contributed by atoms with van der Waals surface area (Å²) in [5, 5.41) is 3.18. The molecule has 4 nitrogen and oxygen atoms in total. The molecule has 29 heavy (non-hydrogen) atoms. The third-order valence-electron chi connectivity index (χ3n) is 5.87. The number of ether oxygens (including phenoxy) is 2. The van der Waals surface area contributed by atoms with Gasteiger partial charge in [-0.3, -0.25) is 4.79 Å². The second-order valence-electron chi connectivity index (χ2n) is 8.89. The van der Waals surface area contributed by atoms with Gasteiger partial charge in [0.25, 0.3) is 5.91 Å². The lowest BCUT2D eigenvalue weighted by Gasteiger charge is -2.41. The lowest BCUT2D eigenvalue weighted by Crippen LogP contribution is -2.45. The Morgan fingerprint density at radius 1 is 1.10 bits per heavy atom. The Hall–Kier alpha value is -2.49. The number of fused-ring (bicyclic) bond motifs is 1. The predicted molar refractivity (Wildman–Crippen MR) is 117 cm³/mol. The molecule has 156 valence electrons. The van der Waals surface area contributed by atoms with Crippen molar-refractivity contribution in [3.8, 4) is 11.5 Å². The van der Waals surface area contributed by atoms with E-state index in [0.717, 1.165) is 41.9 Å². The summed E-state index contributed by atoms with van der Waals surface area (Å²) < 4.78 is 12.2. The first-order valence-corrected chi connectivity index (χ1v) is 10.6. The number of carbonyl (C=O) groups excluding carboxylic acids is 1. The van der Waals surface area contributed by atoms with Gasteiger partial charge >= 0.3 is 0 Å². The third-order valence-corrected chi connectivity index (χ3v) is 5.87. The fourth-order valence-electron chi connectivity index (χ4n) is 4.02. The lowest BCUT2D eigenvalue weighted by molar-refractivity contribution is -0.124. The molecule has 1 aliphatic rings. The van der Waals surface area contributed by atoms with Crippen molar-refractivity contribution in [3.05, 3.63) is 59.7 Å². The summed E-state index contributed by atoms with van der Waals surface area (Å²) in [5.74, 6) is 1.52. The number of para-hydroxylation sites is 2. The van der Waals surface area contributed by atoms with Gasteiger partial charge in [-0.1, -0.05) is 71.0 Å². The quantitative estimate of drug-likeness (QED) is 0.696. The molecule has 2 aromatic carbocycles. The molecule has 1 atom stereocenters. The van der Waals surface area contributed by atoms with E-state index in [0.29, 0.717) is 0 Å². The molecule has 2 aromatic rings. The molecule has 0 spiro atoms. The standard InChI is InChI=1S/C25H33NO3/c1-6-25(7-2)16-20(18-12-8-10-14-21(18)29-25)26-23(27)17-28-22-15-11-9-13-19(22)24(3,4)5/h8-15,20H,6-7,16-17H2,1-5H3,(H,26,27)/t20-/m1/s1. The minimum atomic E-state index is -0.244. The van der Waals surface area contributed by atoms with Crippen molar-refractivity contribution in [2.24, 2.45) is 0 Å². The van der Waals surface area contributed by atoms with Gasteiger partial charge in [-0.25, -0.2) is 0 Å². The molecule has 0 saturated heterocycles. The number of hydrogen-bond acceptors (Lipinski definition) is 3. The highest BCUT2D eigenvalue weighted by Crippen LogP contribution is 2.42. The number of rotatable bonds is 6. The van der Waals surface area contributed by atoms with Gasteiger partial charge in [0, 0.05) is 12.0 Å². The Kier molecular flexibility index (Phi) is 6.21. The van der Waals surface area contributed by atoms with Gasteiger partial charge in [0.2, 0.25) is 0 Å². The van der Waals surface area contributed by atoms with Crippen LogP contribution < -0.4 is 14.8 Å². The number of hydrogen-bond donors (Lipinski definition) is 1. The Bertz CT molecular complexity index is 849. The van der Waals surface area contributed by atoms with Crippen molar-refractivity contribution < 1.29 is 14.3 Å². The van der Waals surface area contributed by atoms with E-state index in [2.05, 4.69) is 46.0 Å². The van der Waals surface area contributed by atoms with Crippen molar-refractivity contribution in [1.82, 2.24) is 5.32 Å². The summed E-state index contributed by atoms with van der Waals surface area (Å²) >= 11 is 0. The fraction of sp³-hybridized carbons (Fsp3) is 0.480. The summed E-state index contributed by atoms with van der Waals surface area (Å²) in [4.78, 5) is 12.8. The van der Waals surface area contributed by atoms with E-state index in [1.165, 1.54) is 0 Å². The molecule has 1 aliphatic heterocycles. The molecule has 1 heterocycles. The van der Waals surface area contributed by atoms with Gasteiger partial charge in [-0.15, -0.1) is 0 Å². The average Bonchev–Trinajstić information content (AvgIpc) is 2.71. The Labute approximate surface area is 174 Å². The zero-order valence-electron chi connectivity index (χ0n) is 18.2. The highest BCUT2D eigenvalue weighted by molar-refractivity contribution is 5.78. The van der Waals surface area contributed by atoms with Gasteiger partial charge in [0.1, 0.15) is 17.1 Å². The SMILES string of the molecule is CCC1(CC)C[C@@H](NC(=O)COc2ccccc2C(C)(C)C)c2ccccc2O1. The van der Waals surface area contributed by atoms with Gasteiger partial charge in [-0.05, 0) is 36.0 Å². The number of nitrogens with one attached hydrogen (secondary N) is 1. The summed E-state index contributed by atoms with van der Waals surface area (Å²) in [5.41, 5.74) is 1.84. The van der Waals surface area contributed by atoms with E-state index in [4.69, 9.17) is 9.47 Å². The number of amides is 1. The normalized spacial score (nSPS) is 17.8. The Balaban J connectivity index is 1.72. The molecule has 3 rings (SSSR count). The minimum absolute atomic E-state index is 0.00212. The first-order valence-electron chi connectivity index (χ1n) is 10.6. The molecule has 4 heteroatoms. The summed E-state index contributed by atoms with van der Waals surface area (Å²) in [6, 6.07) is 15.8. The lowest BCUT2D eigenvalue weighted by atomic mass is 9.83. The first-order chi connectivity index (χ1) is 13.8. The van der Waals surface area contributed by atoms with Crippen molar-refractivity contribution in [1.29, 1.82) is 0 Å². The van der Waals surface area contributed by atoms with Crippen LogP contribution in [0.2, 0.25) is 0 Å². The van der Waals surface area contributed by atoms with Crippen LogP contribution in [-0.4, -0.2) is 18.1 Å². The van der Waals surface area contributed by atoms with E-state index < -0.39 is 0 Å². The molecule has 0 bridgehead atoms. The molecule has 0 unspecified atom stereocenters. The predicted octanol–water partition coefficient (Wildman–Crippen LogP) is 5.56. The zero-order chi connectivity index (χ0) is 21.1. The zero-order valence-corrected chi connectivity index (χ0v) is 18.2. The van der Waals surface area contributed by atoms with Crippen LogP contribution in [-0.2, 0) is 10.2 Å². The second-order valence-corrected chi connectivity index (χ2v) is 8.89. The monoisotopic (exact) mass is 395 g/mol. The van der Waals surface area contributed by atoms with Crippen molar-refractivity contribution in [2.75, 3.05) is 6.61 Å². The Morgan fingerprint density at radius 2 is 1.76 bits per heavy atom. The molecule has 0 radical (unpaired) electrons. The van der Waals surface area contributed by atoms with E-state index in [1.54, 1.807) is 0 Å². The minimum Gasteiger partial charge on any atom is -0.487 e. The third kappa shape index (κ3) is 4.75. The van der Waals surface area contributed by atoms with Crippen LogP contribution >= 0.6 is 0 Å². The maximum Gasteiger partial charge on any atom is 0.258 e. The van der Waals surface area contributed by atoms with Gasteiger partial charge in [-0.2, -0.15) is 0 Å². The van der Waals surface area contributed by atoms with Crippen LogP contribution in [0.5, 0.6) is 11.5 Å². The molecule has 1 amide bonds. The van der Waals surface area contributed by atoms with Gasteiger partial charge in [0.05, 0.1) is 6.04 Å². The fourth-order valence-corrected chi connectivity index (χ4v) is 4.02. The molecular weight excluding hydrogens is 362 g/mol. The smallest absolute Gasteiger partial charge is 0.258 e. The van der Waals surface area contributed by atoms with Gasteiger partial charge < -0.3 is 14.8 Å². The van der Waals surface area contributed by atoms with Crippen LogP contribution in [0.3, 0.4) is 0 Å².